The molecule has 1 N–H and O–H groups in total. The molecule has 0 radical (unpaired) electrons. The molecule has 1 aromatic rings. The van der Waals surface area contributed by atoms with Crippen LogP contribution in [0.4, 0.5) is 0 Å². The summed E-state index contributed by atoms with van der Waals surface area (Å²) >= 11 is 0. The summed E-state index contributed by atoms with van der Waals surface area (Å²) in [6.07, 6.45) is 2.30. The molecule has 1 aliphatic heterocycles. The van der Waals surface area contributed by atoms with Crippen molar-refractivity contribution >= 4 is 24.8 Å². The van der Waals surface area contributed by atoms with Gasteiger partial charge in [-0.05, 0) is 5.56 Å². The van der Waals surface area contributed by atoms with Crippen molar-refractivity contribution in [3.05, 3.63) is 23.9 Å². The van der Waals surface area contributed by atoms with E-state index >= 15 is 0 Å². The first-order valence-electron chi connectivity index (χ1n) is 6.17. The quantitative estimate of drug-likeness (QED) is 0.917. The molecule has 0 aliphatic carbocycles. The topological polar surface area (TPSA) is 61.2 Å². The second kappa shape index (κ2) is 9.78. The van der Waals surface area contributed by atoms with Crippen LogP contribution in [-0.4, -0.2) is 43.2 Å². The van der Waals surface area contributed by atoms with Crippen molar-refractivity contribution in [3.63, 3.8) is 0 Å². The highest BCUT2D eigenvalue weighted by atomic mass is 35.5. The first kappa shape index (κ1) is 18.9. The lowest BCUT2D eigenvalue weighted by molar-refractivity contribution is 0.175. The molecule has 1 saturated heterocycles. The summed E-state index contributed by atoms with van der Waals surface area (Å²) in [5, 5.41) is 12.3. The zero-order chi connectivity index (χ0) is 12.8. The van der Waals surface area contributed by atoms with Gasteiger partial charge in [0.05, 0.1) is 19.6 Å². The molecule has 0 saturated carbocycles. The van der Waals surface area contributed by atoms with Crippen molar-refractivity contribution in [1.29, 1.82) is 5.26 Å². The Bertz CT molecular complexity index is 415. The SMILES string of the molecule is COc1ccc([C@@H](CC#N)N2CCNCC2)cn1.Cl.Cl. The summed E-state index contributed by atoms with van der Waals surface area (Å²) in [5.41, 5.74) is 1.08. The molecule has 0 unspecified atom stereocenters. The lowest BCUT2D eigenvalue weighted by Gasteiger charge is -2.33. The van der Waals surface area contributed by atoms with E-state index in [4.69, 9.17) is 10.00 Å². The molecular weight excluding hydrogens is 299 g/mol. The van der Waals surface area contributed by atoms with E-state index in [1.807, 2.05) is 18.3 Å². The van der Waals surface area contributed by atoms with Crippen molar-refractivity contribution in [2.24, 2.45) is 0 Å². The number of hydrogen-bond acceptors (Lipinski definition) is 5. The Labute approximate surface area is 132 Å². The number of methoxy groups -OCH3 is 1. The lowest BCUT2D eigenvalue weighted by Crippen LogP contribution is -2.45. The van der Waals surface area contributed by atoms with E-state index in [0.29, 0.717) is 12.3 Å². The molecule has 2 rings (SSSR count). The summed E-state index contributed by atoms with van der Waals surface area (Å²) in [5.74, 6) is 0.606. The largest absolute Gasteiger partial charge is 0.481 e. The molecule has 1 atom stereocenters. The van der Waals surface area contributed by atoms with Gasteiger partial charge in [-0.3, -0.25) is 4.90 Å². The zero-order valence-corrected chi connectivity index (χ0v) is 13.0. The van der Waals surface area contributed by atoms with E-state index in [2.05, 4.69) is 21.3 Å². The average molecular weight is 319 g/mol. The van der Waals surface area contributed by atoms with E-state index in [1.54, 1.807) is 7.11 Å². The third-order valence-electron chi connectivity index (χ3n) is 3.23. The van der Waals surface area contributed by atoms with Crippen LogP contribution in [0.5, 0.6) is 5.88 Å². The minimum atomic E-state index is 0. The molecule has 20 heavy (non-hydrogen) atoms. The van der Waals surface area contributed by atoms with E-state index in [-0.39, 0.29) is 30.9 Å². The fourth-order valence-electron chi connectivity index (χ4n) is 2.25. The lowest BCUT2D eigenvalue weighted by atomic mass is 10.0. The molecule has 2 heterocycles. The minimum Gasteiger partial charge on any atom is -0.481 e. The van der Waals surface area contributed by atoms with E-state index in [9.17, 15) is 0 Å². The van der Waals surface area contributed by atoms with Gasteiger partial charge in [0, 0.05) is 44.5 Å². The molecule has 0 amide bonds. The van der Waals surface area contributed by atoms with Gasteiger partial charge in [0.25, 0.3) is 0 Å². The normalized spacial score (nSPS) is 16.2. The van der Waals surface area contributed by atoms with Gasteiger partial charge in [0.2, 0.25) is 5.88 Å². The van der Waals surface area contributed by atoms with Gasteiger partial charge in [-0.1, -0.05) is 6.07 Å². The number of hydrogen-bond donors (Lipinski definition) is 1. The van der Waals surface area contributed by atoms with Gasteiger partial charge in [-0.15, -0.1) is 24.8 Å². The number of nitriles is 1. The smallest absolute Gasteiger partial charge is 0.212 e. The fourth-order valence-corrected chi connectivity index (χ4v) is 2.25. The van der Waals surface area contributed by atoms with Crippen molar-refractivity contribution in [1.82, 2.24) is 15.2 Å². The van der Waals surface area contributed by atoms with Gasteiger partial charge >= 0.3 is 0 Å². The predicted molar refractivity (Wildman–Crippen MR) is 82.7 cm³/mol. The van der Waals surface area contributed by atoms with Crippen molar-refractivity contribution < 1.29 is 4.74 Å². The third kappa shape index (κ3) is 4.80. The number of halogens is 2. The summed E-state index contributed by atoms with van der Waals surface area (Å²) < 4.78 is 5.05. The van der Waals surface area contributed by atoms with Crippen molar-refractivity contribution in [3.8, 4) is 11.9 Å². The summed E-state index contributed by atoms with van der Waals surface area (Å²) in [4.78, 5) is 6.56. The number of pyridine rings is 1. The number of nitrogens with zero attached hydrogens (tertiary/aromatic N) is 3. The van der Waals surface area contributed by atoms with Gasteiger partial charge < -0.3 is 10.1 Å². The molecule has 1 aromatic heterocycles. The first-order chi connectivity index (χ1) is 8.85. The Morgan fingerprint density at radius 2 is 2.10 bits per heavy atom. The maximum absolute atomic E-state index is 8.99. The molecule has 0 bridgehead atoms. The van der Waals surface area contributed by atoms with Gasteiger partial charge in [0.1, 0.15) is 0 Å². The van der Waals surface area contributed by atoms with Crippen LogP contribution in [0.1, 0.15) is 18.0 Å². The summed E-state index contributed by atoms with van der Waals surface area (Å²) in [6.45, 7) is 3.90. The summed E-state index contributed by atoms with van der Waals surface area (Å²) in [6, 6.07) is 6.25. The van der Waals surface area contributed by atoms with Crippen LogP contribution < -0.4 is 10.1 Å². The maximum atomic E-state index is 8.99. The predicted octanol–water partition coefficient (Wildman–Crippen LogP) is 1.79. The molecular formula is C13H20Cl2N4O. The Kier molecular flexibility index (Phi) is 9.26. The number of aromatic nitrogens is 1. The van der Waals surface area contributed by atoms with Crippen molar-refractivity contribution in [2.75, 3.05) is 33.3 Å². The fraction of sp³-hybridized carbons (Fsp3) is 0.538. The Hall–Kier alpha value is -1.06. The van der Waals surface area contributed by atoms with Crippen LogP contribution in [0.25, 0.3) is 0 Å². The number of nitrogens with one attached hydrogen (secondary N) is 1. The van der Waals surface area contributed by atoms with Crippen LogP contribution in [0.15, 0.2) is 18.3 Å². The molecule has 5 nitrogen and oxygen atoms in total. The Morgan fingerprint density at radius 1 is 1.40 bits per heavy atom. The highest BCUT2D eigenvalue weighted by molar-refractivity contribution is 5.85. The van der Waals surface area contributed by atoms with Crippen LogP contribution >= 0.6 is 24.8 Å². The molecule has 7 heteroatoms. The van der Waals surface area contributed by atoms with Gasteiger partial charge in [-0.2, -0.15) is 5.26 Å². The van der Waals surface area contributed by atoms with Crippen LogP contribution in [0, 0.1) is 11.3 Å². The number of piperazine rings is 1. The molecule has 0 aromatic carbocycles. The Balaban J connectivity index is 0.00000180. The highest BCUT2D eigenvalue weighted by Crippen LogP contribution is 2.24. The third-order valence-corrected chi connectivity index (χ3v) is 3.23. The molecule has 1 fully saturated rings. The van der Waals surface area contributed by atoms with Crippen molar-refractivity contribution in [2.45, 2.75) is 12.5 Å². The first-order valence-corrected chi connectivity index (χ1v) is 6.17. The molecule has 1 aliphatic rings. The molecule has 112 valence electrons. The Morgan fingerprint density at radius 3 is 2.60 bits per heavy atom. The monoisotopic (exact) mass is 318 g/mol. The second-order valence-corrected chi connectivity index (χ2v) is 4.30. The van der Waals surface area contributed by atoms with Gasteiger partial charge in [0.15, 0.2) is 0 Å². The zero-order valence-electron chi connectivity index (χ0n) is 11.4. The number of ether oxygens (including phenoxy) is 1. The van der Waals surface area contributed by atoms with Crippen LogP contribution in [-0.2, 0) is 0 Å². The minimum absolute atomic E-state index is 0. The van der Waals surface area contributed by atoms with E-state index < -0.39 is 0 Å². The maximum Gasteiger partial charge on any atom is 0.212 e. The highest BCUT2D eigenvalue weighted by Gasteiger charge is 2.22. The standard InChI is InChI=1S/C13H18N4O.2ClH/c1-18-13-3-2-11(10-16-13)12(4-5-14)17-8-6-15-7-9-17;;/h2-3,10,12,15H,4,6-9H2,1H3;2*1H/t12-;;/m1../s1. The van der Waals surface area contributed by atoms with Crippen LogP contribution in [0.3, 0.4) is 0 Å². The number of rotatable bonds is 4. The van der Waals surface area contributed by atoms with Crippen LogP contribution in [0.2, 0.25) is 0 Å². The average Bonchev–Trinajstić information content (AvgIpc) is 2.46. The molecule has 0 spiro atoms. The van der Waals surface area contributed by atoms with E-state index in [1.165, 1.54) is 0 Å². The van der Waals surface area contributed by atoms with E-state index in [0.717, 1.165) is 31.7 Å². The van der Waals surface area contributed by atoms with Gasteiger partial charge in [-0.25, -0.2) is 4.98 Å². The summed E-state index contributed by atoms with van der Waals surface area (Å²) in [7, 11) is 1.60. The second-order valence-electron chi connectivity index (χ2n) is 4.30.